The van der Waals surface area contributed by atoms with Crippen molar-refractivity contribution in [2.75, 3.05) is 13.1 Å². The maximum atomic E-state index is 13.3. The van der Waals surface area contributed by atoms with Gasteiger partial charge in [0.05, 0.1) is 23.3 Å². The Bertz CT molecular complexity index is 994. The number of aliphatic hydroxyl groups excluding tert-OH is 1. The first-order valence-electron chi connectivity index (χ1n) is 10.1. The molecule has 32 heavy (non-hydrogen) atoms. The van der Waals surface area contributed by atoms with Gasteiger partial charge in [-0.15, -0.1) is 0 Å². The van der Waals surface area contributed by atoms with Crippen molar-refractivity contribution in [2.45, 2.75) is 37.3 Å². The Hall–Kier alpha value is -2.95. The molecule has 0 aliphatic rings. The number of carbonyl (C=O) groups is 1. The van der Waals surface area contributed by atoms with E-state index in [1.165, 1.54) is 34.8 Å². The van der Waals surface area contributed by atoms with Gasteiger partial charge < -0.3 is 20.7 Å². The Morgan fingerprint density at radius 1 is 1.09 bits per heavy atom. The quantitative estimate of drug-likeness (QED) is 0.229. The van der Waals surface area contributed by atoms with Gasteiger partial charge in [0.2, 0.25) is 10.0 Å². The van der Waals surface area contributed by atoms with Gasteiger partial charge in [-0.2, -0.15) is 4.31 Å². The average molecular weight is 464 g/mol. The molecular formula is C22H29N3O6S. The van der Waals surface area contributed by atoms with Crippen molar-refractivity contribution >= 4 is 22.3 Å². The third-order valence-corrected chi connectivity index (χ3v) is 6.60. The highest BCUT2D eigenvalue weighted by Crippen LogP contribution is 2.19. The molecule has 0 saturated heterocycles. The molecule has 0 spiro atoms. The second kappa shape index (κ2) is 11.6. The maximum absolute atomic E-state index is 13.3. The topological polar surface area (TPSA) is 140 Å². The van der Waals surface area contributed by atoms with Gasteiger partial charge in [0, 0.05) is 13.1 Å². The number of sulfonamides is 1. The van der Waals surface area contributed by atoms with Gasteiger partial charge in [0.15, 0.2) is 0 Å². The van der Waals surface area contributed by atoms with Crippen LogP contribution in [0.4, 0.5) is 4.79 Å². The minimum Gasteiger partial charge on any atom is -0.465 e. The molecule has 2 unspecified atom stereocenters. The van der Waals surface area contributed by atoms with E-state index in [0.717, 1.165) is 5.56 Å². The number of nitrogens with zero attached hydrogens (tertiary/aromatic N) is 2. The summed E-state index contributed by atoms with van der Waals surface area (Å²) in [5.41, 5.74) is 1.33. The lowest BCUT2D eigenvalue weighted by Gasteiger charge is -2.30. The van der Waals surface area contributed by atoms with Crippen LogP contribution in [0.3, 0.4) is 0 Å². The van der Waals surface area contributed by atoms with E-state index in [4.69, 9.17) is 5.21 Å². The smallest absolute Gasteiger partial charge is 0.404 e. The number of carboxylic acid groups (broad SMARTS) is 1. The van der Waals surface area contributed by atoms with Crippen LogP contribution in [0.1, 0.15) is 25.0 Å². The molecule has 10 heteroatoms. The zero-order chi connectivity index (χ0) is 23.7. The first-order valence-corrected chi connectivity index (χ1v) is 11.6. The van der Waals surface area contributed by atoms with Gasteiger partial charge in [0.25, 0.3) is 0 Å². The van der Waals surface area contributed by atoms with Crippen LogP contribution >= 0.6 is 0 Å². The highest BCUT2D eigenvalue weighted by molar-refractivity contribution is 7.89. The number of oxime groups is 1. The van der Waals surface area contributed by atoms with E-state index in [0.29, 0.717) is 5.56 Å². The minimum atomic E-state index is -3.97. The normalized spacial score (nSPS) is 14.0. The Labute approximate surface area is 188 Å². The molecule has 0 aliphatic carbocycles. The van der Waals surface area contributed by atoms with E-state index in [1.807, 2.05) is 32.0 Å². The largest absolute Gasteiger partial charge is 0.465 e. The highest BCUT2D eigenvalue weighted by atomic mass is 32.2. The fraction of sp³-hybridized carbons (Fsp3) is 0.364. The summed E-state index contributed by atoms with van der Waals surface area (Å²) in [5.74, 6) is -0.0298. The molecule has 9 nitrogen and oxygen atoms in total. The Balaban J connectivity index is 2.28. The molecule has 0 bridgehead atoms. The van der Waals surface area contributed by atoms with Crippen LogP contribution in [0, 0.1) is 5.92 Å². The van der Waals surface area contributed by atoms with E-state index in [9.17, 15) is 23.4 Å². The van der Waals surface area contributed by atoms with Crippen LogP contribution in [-0.4, -0.2) is 65.7 Å². The highest BCUT2D eigenvalue weighted by Gasteiger charge is 2.31. The molecule has 0 heterocycles. The molecule has 2 rings (SSSR count). The molecule has 2 atom stereocenters. The molecule has 2 aromatic carbocycles. The van der Waals surface area contributed by atoms with Gasteiger partial charge in [-0.05, 0) is 35.6 Å². The first kappa shape index (κ1) is 25.3. The van der Waals surface area contributed by atoms with Gasteiger partial charge in [-0.1, -0.05) is 61.5 Å². The summed E-state index contributed by atoms with van der Waals surface area (Å²) in [4.78, 5) is 11.3. The number of hydrogen-bond donors (Lipinski definition) is 4. The van der Waals surface area contributed by atoms with Gasteiger partial charge >= 0.3 is 6.09 Å². The number of rotatable bonds is 11. The van der Waals surface area contributed by atoms with Crippen LogP contribution in [0.5, 0.6) is 0 Å². The fourth-order valence-corrected chi connectivity index (χ4v) is 4.89. The lowest BCUT2D eigenvalue weighted by molar-refractivity contribution is 0.0980. The van der Waals surface area contributed by atoms with Crippen LogP contribution < -0.4 is 5.32 Å². The van der Waals surface area contributed by atoms with Crippen molar-refractivity contribution in [3.8, 4) is 0 Å². The predicted molar refractivity (Wildman–Crippen MR) is 121 cm³/mol. The van der Waals surface area contributed by atoms with Gasteiger partial charge in [-0.25, -0.2) is 13.2 Å². The Morgan fingerprint density at radius 3 is 2.25 bits per heavy atom. The molecule has 0 aromatic heterocycles. The number of benzene rings is 2. The van der Waals surface area contributed by atoms with Crippen LogP contribution in [0.25, 0.3) is 0 Å². The number of amides is 1. The zero-order valence-corrected chi connectivity index (χ0v) is 18.8. The number of nitrogens with one attached hydrogen (secondary N) is 1. The summed E-state index contributed by atoms with van der Waals surface area (Å²) < 4.78 is 27.7. The molecule has 0 saturated carbocycles. The van der Waals surface area contributed by atoms with Crippen molar-refractivity contribution in [3.05, 3.63) is 65.7 Å². The molecule has 0 aliphatic heterocycles. The van der Waals surface area contributed by atoms with E-state index in [2.05, 4.69) is 10.5 Å². The summed E-state index contributed by atoms with van der Waals surface area (Å²) in [7, 11) is -3.97. The number of hydrogen-bond acceptors (Lipinski definition) is 6. The summed E-state index contributed by atoms with van der Waals surface area (Å²) in [6.45, 7) is 3.57. The van der Waals surface area contributed by atoms with E-state index in [-0.39, 0.29) is 30.3 Å². The lowest BCUT2D eigenvalue weighted by Crippen LogP contribution is -2.50. The third kappa shape index (κ3) is 7.33. The third-order valence-electron chi connectivity index (χ3n) is 4.76. The molecule has 1 amide bonds. The van der Waals surface area contributed by atoms with Crippen LogP contribution in [-0.2, 0) is 16.4 Å². The second-order valence-corrected chi connectivity index (χ2v) is 9.78. The van der Waals surface area contributed by atoms with Crippen molar-refractivity contribution in [3.63, 3.8) is 0 Å². The molecule has 174 valence electrons. The monoisotopic (exact) mass is 463 g/mol. The summed E-state index contributed by atoms with van der Waals surface area (Å²) >= 11 is 0. The van der Waals surface area contributed by atoms with Gasteiger partial charge in [0.1, 0.15) is 0 Å². The Kier molecular flexibility index (Phi) is 9.18. The zero-order valence-electron chi connectivity index (χ0n) is 18.0. The van der Waals surface area contributed by atoms with E-state index in [1.54, 1.807) is 12.1 Å². The van der Waals surface area contributed by atoms with Crippen molar-refractivity contribution < 1.29 is 28.6 Å². The fourth-order valence-electron chi connectivity index (χ4n) is 3.27. The minimum absolute atomic E-state index is 0.0197. The average Bonchev–Trinajstić information content (AvgIpc) is 2.73. The lowest BCUT2D eigenvalue weighted by atomic mass is 10.0. The summed E-state index contributed by atoms with van der Waals surface area (Å²) in [5, 5.41) is 33.9. The second-order valence-electron chi connectivity index (χ2n) is 7.84. The molecule has 2 aromatic rings. The van der Waals surface area contributed by atoms with Crippen molar-refractivity contribution in [1.82, 2.24) is 9.62 Å². The van der Waals surface area contributed by atoms with Gasteiger partial charge in [-0.3, -0.25) is 0 Å². The molecule has 0 fully saturated rings. The van der Waals surface area contributed by atoms with E-state index < -0.39 is 28.3 Å². The molecule has 4 N–H and O–H groups in total. The SMILES string of the molecule is CC(C)CN(CC(O)C(Cc1ccccc1)NC(=O)O)S(=O)(=O)c1ccc(/C=N/O)cc1. The van der Waals surface area contributed by atoms with E-state index >= 15 is 0 Å². The Morgan fingerprint density at radius 2 is 1.72 bits per heavy atom. The summed E-state index contributed by atoms with van der Waals surface area (Å²) in [6, 6.07) is 13.9. The predicted octanol–water partition coefficient (Wildman–Crippen LogP) is 2.38. The number of aliphatic hydroxyl groups is 1. The standard InChI is InChI=1S/C22H29N3O6S/c1-16(2)14-25(32(30,31)19-10-8-18(9-11-19)13-23-29)15-21(26)20(24-22(27)28)12-17-6-4-3-5-7-17/h3-11,13,16,20-21,24,26,29H,12,14-15H2,1-2H3,(H,27,28)/b23-13+. The molecular weight excluding hydrogens is 434 g/mol. The van der Waals surface area contributed by atoms with Crippen LogP contribution in [0.15, 0.2) is 64.6 Å². The summed E-state index contributed by atoms with van der Waals surface area (Å²) in [6.07, 6.45) is -1.19. The van der Waals surface area contributed by atoms with Crippen molar-refractivity contribution in [1.29, 1.82) is 0 Å². The molecule has 0 radical (unpaired) electrons. The maximum Gasteiger partial charge on any atom is 0.404 e. The van der Waals surface area contributed by atoms with Crippen molar-refractivity contribution in [2.24, 2.45) is 11.1 Å². The first-order chi connectivity index (χ1) is 15.1. The van der Waals surface area contributed by atoms with Crippen LogP contribution in [0.2, 0.25) is 0 Å².